The minimum atomic E-state index is -1.31. The third-order valence-electron chi connectivity index (χ3n) is 4.92. The zero-order valence-electron chi connectivity index (χ0n) is 17.4. The Morgan fingerprint density at radius 3 is 2.48 bits per heavy atom. The lowest BCUT2D eigenvalue weighted by molar-refractivity contribution is -0.151. The van der Waals surface area contributed by atoms with Crippen molar-refractivity contribution in [3.63, 3.8) is 0 Å². The van der Waals surface area contributed by atoms with E-state index in [0.29, 0.717) is 16.8 Å². The van der Waals surface area contributed by atoms with Gasteiger partial charge in [0, 0.05) is 23.9 Å². The van der Waals surface area contributed by atoms with Crippen LogP contribution in [-0.4, -0.2) is 74.8 Å². The monoisotopic (exact) mass is 478 g/mol. The number of amides is 2. The maximum absolute atomic E-state index is 12.6. The molecule has 6 N–H and O–H groups in total. The number of anilines is 1. The molecule has 3 rings (SSSR count). The highest BCUT2D eigenvalue weighted by Gasteiger charge is 2.54. The average molecular weight is 478 g/mol. The topological polar surface area (TPSA) is 188 Å². The molecule has 2 heterocycles. The van der Waals surface area contributed by atoms with E-state index in [-0.39, 0.29) is 24.5 Å². The van der Waals surface area contributed by atoms with Gasteiger partial charge in [0.15, 0.2) is 6.17 Å². The Balaban J connectivity index is 1.60. The van der Waals surface area contributed by atoms with Crippen LogP contribution < -0.4 is 16.4 Å². The van der Waals surface area contributed by atoms with Gasteiger partial charge in [-0.05, 0) is 17.7 Å². The maximum atomic E-state index is 12.6. The molecular weight excluding hydrogens is 456 g/mol. The van der Waals surface area contributed by atoms with Crippen LogP contribution in [0.1, 0.15) is 12.5 Å². The summed E-state index contributed by atoms with van der Waals surface area (Å²) in [6, 6.07) is 5.52. The van der Waals surface area contributed by atoms with Gasteiger partial charge in [-0.15, -0.1) is 11.8 Å². The van der Waals surface area contributed by atoms with Crippen LogP contribution in [0.15, 0.2) is 35.5 Å². The maximum Gasteiger partial charge on any atom is 0.352 e. The number of carbonyl (C=O) groups excluding carboxylic acids is 3. The van der Waals surface area contributed by atoms with Crippen molar-refractivity contribution in [3.8, 4) is 0 Å². The van der Waals surface area contributed by atoms with E-state index < -0.39 is 47.3 Å². The van der Waals surface area contributed by atoms with Crippen LogP contribution in [0, 0.1) is 0 Å². The summed E-state index contributed by atoms with van der Waals surface area (Å²) in [7, 11) is 0. The predicted octanol–water partition coefficient (Wildman–Crippen LogP) is -0.688. The number of nitrogens with zero attached hydrogens (tertiary/aromatic N) is 1. The summed E-state index contributed by atoms with van der Waals surface area (Å²) < 4.78 is 4.88. The van der Waals surface area contributed by atoms with Gasteiger partial charge in [0.05, 0.1) is 6.42 Å². The molecule has 0 aliphatic carbocycles. The molecule has 13 heteroatoms. The fourth-order valence-electron chi connectivity index (χ4n) is 3.35. The van der Waals surface area contributed by atoms with Gasteiger partial charge >= 0.3 is 17.9 Å². The van der Waals surface area contributed by atoms with Crippen molar-refractivity contribution in [2.75, 3.05) is 17.7 Å². The number of carbonyl (C=O) groups is 5. The second kappa shape index (κ2) is 9.92. The van der Waals surface area contributed by atoms with E-state index in [9.17, 15) is 29.1 Å². The Labute approximate surface area is 192 Å². The molecule has 2 aliphatic rings. The van der Waals surface area contributed by atoms with Crippen molar-refractivity contribution in [3.05, 3.63) is 41.1 Å². The lowest BCUT2D eigenvalue weighted by Gasteiger charge is -2.49. The number of ether oxygens (including phenoxy) is 1. The molecule has 1 saturated heterocycles. The van der Waals surface area contributed by atoms with Gasteiger partial charge in [-0.2, -0.15) is 0 Å². The molecule has 1 aromatic rings. The second-order valence-corrected chi connectivity index (χ2v) is 8.43. The molecule has 2 amide bonds. The van der Waals surface area contributed by atoms with Crippen molar-refractivity contribution in [2.45, 2.75) is 30.9 Å². The third-order valence-corrected chi connectivity index (χ3v) is 6.26. The first-order chi connectivity index (χ1) is 15.6. The van der Waals surface area contributed by atoms with Gasteiger partial charge in [0.2, 0.25) is 5.91 Å². The Morgan fingerprint density at radius 2 is 1.91 bits per heavy atom. The van der Waals surface area contributed by atoms with E-state index >= 15 is 0 Å². The third kappa shape index (κ3) is 5.43. The fraction of sp³-hybridized carbons (Fsp3) is 0.350. The summed E-state index contributed by atoms with van der Waals surface area (Å²) in [5, 5.41) is 23.0. The van der Waals surface area contributed by atoms with Crippen molar-refractivity contribution < 1.29 is 38.9 Å². The van der Waals surface area contributed by atoms with Gasteiger partial charge in [-0.1, -0.05) is 12.1 Å². The van der Waals surface area contributed by atoms with Crippen molar-refractivity contribution >= 4 is 47.2 Å². The molecule has 2 aliphatic heterocycles. The van der Waals surface area contributed by atoms with Gasteiger partial charge < -0.3 is 31.3 Å². The highest BCUT2D eigenvalue weighted by molar-refractivity contribution is 8.00. The summed E-state index contributed by atoms with van der Waals surface area (Å²) in [5.41, 5.74) is 6.58. The highest BCUT2D eigenvalue weighted by atomic mass is 32.2. The first kappa shape index (κ1) is 24.1. The Hall–Kier alpha value is -3.58. The molecule has 0 saturated carbocycles. The van der Waals surface area contributed by atoms with E-state index in [1.165, 1.54) is 18.7 Å². The first-order valence-electron chi connectivity index (χ1n) is 9.75. The molecule has 0 bridgehead atoms. The van der Waals surface area contributed by atoms with Gasteiger partial charge in [-0.25, -0.2) is 9.59 Å². The number of rotatable bonds is 9. The standard InChI is InChI=1S/C20H22N4O8S/c1-9(25)32-7-11-8-33-18-14(17(27)24(18)15(11)19(28)29)23-13(26)6-10-2-4-12(5-3-10)22-16(21)20(30)31/h2-5,14,16,18,22H,6-8,21H2,1H3,(H,23,26)(H,28,29)(H,30,31)/t14-,16?,18-/m1/s1. The van der Waals surface area contributed by atoms with Crippen molar-refractivity contribution in [1.82, 2.24) is 10.2 Å². The Morgan fingerprint density at radius 1 is 1.24 bits per heavy atom. The largest absolute Gasteiger partial charge is 0.479 e. The first-order valence-corrected chi connectivity index (χ1v) is 10.8. The summed E-state index contributed by atoms with van der Waals surface area (Å²) in [5.74, 6) is -3.83. The molecule has 12 nitrogen and oxygen atoms in total. The van der Waals surface area contributed by atoms with E-state index in [4.69, 9.17) is 15.6 Å². The molecule has 0 aromatic heterocycles. The number of carboxylic acids is 2. The van der Waals surface area contributed by atoms with Crippen LogP contribution in [0.3, 0.4) is 0 Å². The van der Waals surface area contributed by atoms with Crippen LogP contribution in [0.2, 0.25) is 0 Å². The van der Waals surface area contributed by atoms with E-state index in [1.807, 2.05) is 0 Å². The molecule has 1 aromatic carbocycles. The number of nitrogens with two attached hydrogens (primary N) is 1. The predicted molar refractivity (Wildman–Crippen MR) is 116 cm³/mol. The number of carboxylic acid groups (broad SMARTS) is 2. The SMILES string of the molecule is CC(=O)OCC1=C(C(=O)O)N2C(=O)[C@@H](NC(=O)Cc3ccc(NC(N)C(=O)O)cc3)[C@H]2SC1. The highest BCUT2D eigenvalue weighted by Crippen LogP contribution is 2.40. The fourth-order valence-corrected chi connectivity index (χ4v) is 4.68. The van der Waals surface area contributed by atoms with E-state index in [1.54, 1.807) is 24.3 Å². The number of hydrogen-bond acceptors (Lipinski definition) is 9. The number of benzene rings is 1. The van der Waals surface area contributed by atoms with Gasteiger partial charge in [0.25, 0.3) is 5.91 Å². The lowest BCUT2D eigenvalue weighted by atomic mass is 10.0. The quantitative estimate of drug-likeness (QED) is 0.172. The van der Waals surface area contributed by atoms with Gasteiger partial charge in [-0.3, -0.25) is 19.3 Å². The second-order valence-electron chi connectivity index (χ2n) is 7.33. The van der Waals surface area contributed by atoms with E-state index in [0.717, 1.165) is 4.90 Å². The average Bonchev–Trinajstić information content (AvgIpc) is 2.76. The van der Waals surface area contributed by atoms with Gasteiger partial charge in [0.1, 0.15) is 23.7 Å². The number of hydrogen-bond donors (Lipinski definition) is 5. The number of esters is 1. The Bertz CT molecular complexity index is 1030. The molecule has 0 radical (unpaired) electrons. The normalized spacial score (nSPS) is 20.3. The number of nitrogens with one attached hydrogen (secondary N) is 2. The molecule has 3 atom stereocenters. The van der Waals surface area contributed by atoms with E-state index in [2.05, 4.69) is 10.6 Å². The summed E-state index contributed by atoms with van der Waals surface area (Å²) in [4.78, 5) is 59.7. The summed E-state index contributed by atoms with van der Waals surface area (Å²) in [6.07, 6.45) is -1.30. The van der Waals surface area contributed by atoms with Crippen molar-refractivity contribution in [2.24, 2.45) is 5.73 Å². The Kier molecular flexibility index (Phi) is 7.23. The molecule has 176 valence electrons. The molecule has 1 fully saturated rings. The molecular formula is C20H22N4O8S. The number of fused-ring (bicyclic) bond motifs is 1. The number of thioether (sulfide) groups is 1. The van der Waals surface area contributed by atoms with Crippen LogP contribution in [0.4, 0.5) is 5.69 Å². The molecule has 33 heavy (non-hydrogen) atoms. The molecule has 1 unspecified atom stereocenters. The van der Waals surface area contributed by atoms with Crippen LogP contribution in [0.25, 0.3) is 0 Å². The summed E-state index contributed by atoms with van der Waals surface area (Å²) >= 11 is 1.27. The van der Waals surface area contributed by atoms with Crippen LogP contribution >= 0.6 is 11.8 Å². The minimum Gasteiger partial charge on any atom is -0.479 e. The summed E-state index contributed by atoms with van der Waals surface area (Å²) in [6.45, 7) is 0.981. The zero-order valence-corrected chi connectivity index (χ0v) is 18.3. The van der Waals surface area contributed by atoms with Crippen LogP contribution in [-0.2, 0) is 35.1 Å². The van der Waals surface area contributed by atoms with Crippen LogP contribution in [0.5, 0.6) is 0 Å². The minimum absolute atomic E-state index is 0.0360. The number of aliphatic carboxylic acids is 2. The lowest BCUT2D eigenvalue weighted by Crippen LogP contribution is -2.70. The molecule has 0 spiro atoms. The van der Waals surface area contributed by atoms with Crippen molar-refractivity contribution in [1.29, 1.82) is 0 Å². The zero-order chi connectivity index (χ0) is 24.3. The number of β-lactam (4-membered cyclic amide) rings is 1. The smallest absolute Gasteiger partial charge is 0.352 e.